The lowest BCUT2D eigenvalue weighted by molar-refractivity contribution is -0.151. The smallest absolute Gasteiger partial charge is 0.410 e. The second-order valence-electron chi connectivity index (χ2n) is 5.61. The van der Waals surface area contributed by atoms with Gasteiger partial charge in [-0.3, -0.25) is 0 Å². The van der Waals surface area contributed by atoms with Crippen LogP contribution >= 0.6 is 0 Å². The second-order valence-corrected chi connectivity index (χ2v) is 5.61. The average Bonchev–Trinajstić information content (AvgIpc) is 2.36. The Bertz CT molecular complexity index is 397. The van der Waals surface area contributed by atoms with E-state index in [1.807, 2.05) is 0 Å². The molecule has 1 amide bonds. The fourth-order valence-electron chi connectivity index (χ4n) is 1.80. The zero-order valence-corrected chi connectivity index (χ0v) is 12.5. The van der Waals surface area contributed by atoms with E-state index < -0.39 is 23.8 Å². The van der Waals surface area contributed by atoms with Crippen molar-refractivity contribution in [2.75, 3.05) is 19.7 Å². The summed E-state index contributed by atoms with van der Waals surface area (Å²) in [5.74, 6) is -0.649. The van der Waals surface area contributed by atoms with Crippen molar-refractivity contribution in [3.63, 3.8) is 0 Å². The van der Waals surface area contributed by atoms with Crippen LogP contribution in [0, 0.1) is 0 Å². The van der Waals surface area contributed by atoms with Crippen LogP contribution in [0.15, 0.2) is 11.6 Å². The number of aliphatic hydroxyl groups is 1. The summed E-state index contributed by atoms with van der Waals surface area (Å²) in [4.78, 5) is 24.8. The van der Waals surface area contributed by atoms with Crippen LogP contribution in [0.3, 0.4) is 0 Å². The minimum atomic E-state index is -1.24. The minimum absolute atomic E-state index is 0.229. The summed E-state index contributed by atoms with van der Waals surface area (Å²) < 4.78 is 10.0. The van der Waals surface area contributed by atoms with Crippen molar-refractivity contribution in [3.8, 4) is 0 Å². The third-order valence-corrected chi connectivity index (χ3v) is 2.76. The molecule has 6 nitrogen and oxygen atoms in total. The van der Waals surface area contributed by atoms with Gasteiger partial charge in [0.05, 0.1) is 6.61 Å². The Labute approximate surface area is 119 Å². The van der Waals surface area contributed by atoms with Crippen molar-refractivity contribution in [2.45, 2.75) is 45.8 Å². The zero-order valence-electron chi connectivity index (χ0n) is 12.5. The molecule has 0 aliphatic carbocycles. The molecule has 1 N–H and O–H groups in total. The Balaban J connectivity index is 2.56. The largest absolute Gasteiger partial charge is 0.464 e. The van der Waals surface area contributed by atoms with Crippen LogP contribution in [0.4, 0.5) is 4.79 Å². The van der Waals surface area contributed by atoms with Crippen molar-refractivity contribution >= 4 is 12.1 Å². The fourth-order valence-corrected chi connectivity index (χ4v) is 1.80. The SMILES string of the molecule is CCOC(=O)C(O)C1=CCN(C(=O)OC(C)(C)C)CC1. The van der Waals surface area contributed by atoms with Crippen LogP contribution in [0.2, 0.25) is 0 Å². The predicted molar refractivity (Wildman–Crippen MR) is 73.1 cm³/mol. The number of carbonyl (C=O) groups excluding carboxylic acids is 2. The molecule has 20 heavy (non-hydrogen) atoms. The topological polar surface area (TPSA) is 76.1 Å². The Morgan fingerprint density at radius 2 is 2.10 bits per heavy atom. The van der Waals surface area contributed by atoms with Crippen LogP contribution in [-0.2, 0) is 14.3 Å². The van der Waals surface area contributed by atoms with Gasteiger partial charge in [0.15, 0.2) is 6.10 Å². The number of aliphatic hydroxyl groups excluding tert-OH is 1. The molecule has 1 atom stereocenters. The van der Waals surface area contributed by atoms with Crippen molar-refractivity contribution in [1.82, 2.24) is 4.90 Å². The first-order valence-electron chi connectivity index (χ1n) is 6.76. The minimum Gasteiger partial charge on any atom is -0.464 e. The maximum absolute atomic E-state index is 11.8. The summed E-state index contributed by atoms with van der Waals surface area (Å²) in [7, 11) is 0. The number of esters is 1. The van der Waals surface area contributed by atoms with Crippen molar-refractivity contribution < 1.29 is 24.2 Å². The van der Waals surface area contributed by atoms with Crippen molar-refractivity contribution in [1.29, 1.82) is 0 Å². The zero-order chi connectivity index (χ0) is 15.3. The molecule has 0 saturated heterocycles. The van der Waals surface area contributed by atoms with Crippen LogP contribution in [0.25, 0.3) is 0 Å². The van der Waals surface area contributed by atoms with Crippen LogP contribution < -0.4 is 0 Å². The number of hydrogen-bond donors (Lipinski definition) is 1. The molecule has 6 heteroatoms. The van der Waals surface area contributed by atoms with E-state index in [0.717, 1.165) is 0 Å². The lowest BCUT2D eigenvalue weighted by Crippen LogP contribution is -2.40. The molecule has 1 unspecified atom stereocenters. The molecular weight excluding hydrogens is 262 g/mol. The highest BCUT2D eigenvalue weighted by Crippen LogP contribution is 2.18. The standard InChI is InChI=1S/C14H23NO5/c1-5-19-12(17)11(16)10-6-8-15(9-7-10)13(18)20-14(2,3)4/h6,11,16H,5,7-9H2,1-4H3. The molecule has 1 aliphatic rings. The third kappa shape index (κ3) is 4.85. The van der Waals surface area contributed by atoms with E-state index in [2.05, 4.69) is 0 Å². The summed E-state index contributed by atoms with van der Waals surface area (Å²) in [6.07, 6.45) is 0.475. The molecule has 0 aromatic carbocycles. The number of nitrogens with zero attached hydrogens (tertiary/aromatic N) is 1. The molecule has 0 aromatic heterocycles. The normalized spacial score (nSPS) is 17.2. The molecule has 0 fully saturated rings. The monoisotopic (exact) mass is 285 g/mol. The molecule has 0 radical (unpaired) electrons. The quantitative estimate of drug-likeness (QED) is 0.628. The van der Waals surface area contributed by atoms with E-state index in [-0.39, 0.29) is 6.61 Å². The van der Waals surface area contributed by atoms with Gasteiger partial charge in [0.2, 0.25) is 0 Å². The number of hydrogen-bond acceptors (Lipinski definition) is 5. The number of rotatable bonds is 3. The molecule has 0 spiro atoms. The molecule has 0 bridgehead atoms. The molecule has 0 saturated carbocycles. The molecule has 114 valence electrons. The van der Waals surface area contributed by atoms with Crippen molar-refractivity contribution in [2.24, 2.45) is 0 Å². The van der Waals surface area contributed by atoms with Gasteiger partial charge in [-0.25, -0.2) is 9.59 Å². The summed E-state index contributed by atoms with van der Waals surface area (Å²) in [6.45, 7) is 8.07. The maximum atomic E-state index is 11.8. The Morgan fingerprint density at radius 1 is 1.45 bits per heavy atom. The first kappa shape index (κ1) is 16.5. The number of ether oxygens (including phenoxy) is 2. The van der Waals surface area contributed by atoms with E-state index in [1.54, 1.807) is 33.8 Å². The van der Waals surface area contributed by atoms with Gasteiger partial charge < -0.3 is 19.5 Å². The van der Waals surface area contributed by atoms with Gasteiger partial charge in [0, 0.05) is 13.1 Å². The molecule has 1 heterocycles. The van der Waals surface area contributed by atoms with Crippen LogP contribution in [-0.4, -0.2) is 53.5 Å². The van der Waals surface area contributed by atoms with E-state index in [9.17, 15) is 14.7 Å². The van der Waals surface area contributed by atoms with Gasteiger partial charge >= 0.3 is 12.1 Å². The molecular formula is C14H23NO5. The highest BCUT2D eigenvalue weighted by Gasteiger charge is 2.27. The Hall–Kier alpha value is -1.56. The van der Waals surface area contributed by atoms with E-state index in [0.29, 0.717) is 25.1 Å². The Kier molecular flexibility index (Phi) is 5.56. The summed E-state index contributed by atoms with van der Waals surface area (Å²) in [5, 5.41) is 9.81. The maximum Gasteiger partial charge on any atom is 0.410 e. The van der Waals surface area contributed by atoms with Gasteiger partial charge in [-0.2, -0.15) is 0 Å². The summed E-state index contributed by atoms with van der Waals surface area (Å²) in [6, 6.07) is 0. The molecule has 1 aliphatic heterocycles. The lowest BCUT2D eigenvalue weighted by atomic mass is 10.0. The van der Waals surface area contributed by atoms with Crippen molar-refractivity contribution in [3.05, 3.63) is 11.6 Å². The second kappa shape index (κ2) is 6.74. The van der Waals surface area contributed by atoms with Gasteiger partial charge in [0.1, 0.15) is 5.60 Å². The summed E-state index contributed by atoms with van der Waals surface area (Å²) >= 11 is 0. The highest BCUT2D eigenvalue weighted by atomic mass is 16.6. The first-order chi connectivity index (χ1) is 9.24. The van der Waals surface area contributed by atoms with E-state index in [4.69, 9.17) is 9.47 Å². The fraction of sp³-hybridized carbons (Fsp3) is 0.714. The van der Waals surface area contributed by atoms with E-state index in [1.165, 1.54) is 4.90 Å². The summed E-state index contributed by atoms with van der Waals surface area (Å²) in [5.41, 5.74) is 0.0502. The first-order valence-corrected chi connectivity index (χ1v) is 6.76. The molecule has 0 aromatic rings. The van der Waals surface area contributed by atoms with Gasteiger partial charge in [-0.1, -0.05) is 6.08 Å². The van der Waals surface area contributed by atoms with Gasteiger partial charge in [0.25, 0.3) is 0 Å². The third-order valence-electron chi connectivity index (χ3n) is 2.76. The molecule has 1 rings (SSSR count). The lowest BCUT2D eigenvalue weighted by Gasteiger charge is -2.30. The van der Waals surface area contributed by atoms with Gasteiger partial charge in [-0.05, 0) is 39.7 Å². The van der Waals surface area contributed by atoms with Crippen LogP contribution in [0.5, 0.6) is 0 Å². The highest BCUT2D eigenvalue weighted by molar-refractivity contribution is 5.78. The van der Waals surface area contributed by atoms with Crippen LogP contribution in [0.1, 0.15) is 34.1 Å². The predicted octanol–water partition coefficient (Wildman–Crippen LogP) is 1.48. The van der Waals surface area contributed by atoms with E-state index >= 15 is 0 Å². The Morgan fingerprint density at radius 3 is 2.55 bits per heavy atom. The number of amides is 1. The number of carbonyl (C=O) groups is 2. The van der Waals surface area contributed by atoms with Gasteiger partial charge in [-0.15, -0.1) is 0 Å². The average molecular weight is 285 g/mol.